The second kappa shape index (κ2) is 12.5. The molecule has 1 aromatic carbocycles. The zero-order valence-corrected chi connectivity index (χ0v) is 14.4. The van der Waals surface area contributed by atoms with Crippen LogP contribution >= 0.6 is 12.4 Å². The number of nitrogens with one attached hydrogen (secondary N) is 2. The van der Waals surface area contributed by atoms with Crippen LogP contribution in [0.2, 0.25) is 0 Å². The molecule has 2 aromatic rings. The number of aromatic nitrogens is 3. The maximum atomic E-state index is 8.95. The summed E-state index contributed by atoms with van der Waals surface area (Å²) in [4.78, 5) is 8.75. The van der Waals surface area contributed by atoms with Crippen molar-refractivity contribution in [1.82, 2.24) is 25.8 Å². The number of aliphatic imine (C=N–C) groups is 2. The minimum Gasteiger partial charge on any atom is -0.410 e. The zero-order chi connectivity index (χ0) is 16.2. The molecule has 0 aliphatic heterocycles. The highest BCUT2D eigenvalue weighted by atomic mass is 35.5. The van der Waals surface area contributed by atoms with Gasteiger partial charge in [-0.2, -0.15) is 0 Å². The molecule has 0 radical (unpaired) electrons. The number of para-hydroxylation sites is 1. The van der Waals surface area contributed by atoms with Gasteiger partial charge in [-0.1, -0.05) is 17.0 Å². The molecule has 1 atom stereocenters. The molecule has 0 spiro atoms. The topological polar surface area (TPSA) is 99.7 Å². The SMILES string of the molecule is CCN=C=NC(CCNC)NC.Cl.On1nnc2ccccc21. The summed E-state index contributed by atoms with van der Waals surface area (Å²) in [6.07, 6.45) is 1.09. The molecular weight excluding hydrogens is 318 g/mol. The Kier molecular flexibility index (Phi) is 11.5. The van der Waals surface area contributed by atoms with E-state index in [0.29, 0.717) is 11.0 Å². The van der Waals surface area contributed by atoms with E-state index >= 15 is 0 Å². The number of hydrogen-bond acceptors (Lipinski definition) is 7. The van der Waals surface area contributed by atoms with Crippen LogP contribution in [0.4, 0.5) is 0 Å². The van der Waals surface area contributed by atoms with E-state index in [2.05, 4.69) is 36.9 Å². The van der Waals surface area contributed by atoms with Crippen LogP contribution in [0.3, 0.4) is 0 Å². The highest BCUT2D eigenvalue weighted by Gasteiger charge is 1.99. The van der Waals surface area contributed by atoms with Crippen LogP contribution in [0.1, 0.15) is 13.3 Å². The van der Waals surface area contributed by atoms with Crippen molar-refractivity contribution in [1.29, 1.82) is 0 Å². The van der Waals surface area contributed by atoms with E-state index in [0.717, 1.165) is 24.4 Å². The van der Waals surface area contributed by atoms with Gasteiger partial charge in [-0.15, -0.1) is 17.5 Å². The lowest BCUT2D eigenvalue weighted by atomic mass is 10.3. The van der Waals surface area contributed by atoms with E-state index in [1.165, 1.54) is 0 Å². The summed E-state index contributed by atoms with van der Waals surface area (Å²) in [6.45, 7) is 3.65. The third kappa shape index (κ3) is 7.71. The summed E-state index contributed by atoms with van der Waals surface area (Å²) in [6, 6.07) is 9.85. The first kappa shape index (κ1) is 21.0. The number of benzene rings is 1. The van der Waals surface area contributed by atoms with E-state index in [-0.39, 0.29) is 18.6 Å². The molecule has 0 amide bonds. The van der Waals surface area contributed by atoms with Crippen molar-refractivity contribution in [3.05, 3.63) is 24.3 Å². The van der Waals surface area contributed by atoms with Gasteiger partial charge in [0.25, 0.3) is 0 Å². The maximum Gasteiger partial charge on any atom is 0.130 e. The molecule has 0 bridgehead atoms. The highest BCUT2D eigenvalue weighted by molar-refractivity contribution is 5.85. The lowest BCUT2D eigenvalue weighted by molar-refractivity contribution is 0.155. The van der Waals surface area contributed by atoms with Gasteiger partial charge in [-0.05, 0) is 51.3 Å². The Morgan fingerprint density at radius 1 is 1.35 bits per heavy atom. The Labute approximate surface area is 142 Å². The van der Waals surface area contributed by atoms with E-state index in [4.69, 9.17) is 5.21 Å². The van der Waals surface area contributed by atoms with Gasteiger partial charge in [0, 0.05) is 6.54 Å². The van der Waals surface area contributed by atoms with Gasteiger partial charge in [0.05, 0.1) is 6.01 Å². The summed E-state index contributed by atoms with van der Waals surface area (Å²) in [7, 11) is 3.81. The molecule has 2 rings (SSSR count). The monoisotopic (exact) mass is 341 g/mol. The van der Waals surface area contributed by atoms with Crippen molar-refractivity contribution < 1.29 is 5.21 Å². The van der Waals surface area contributed by atoms with Gasteiger partial charge in [0.15, 0.2) is 0 Å². The van der Waals surface area contributed by atoms with Crippen molar-refractivity contribution in [2.45, 2.75) is 19.5 Å². The molecule has 128 valence electrons. The van der Waals surface area contributed by atoms with Crippen molar-refractivity contribution in [2.75, 3.05) is 27.2 Å². The standard InChI is InChI=1S/C8H18N4.C6H5N3O.ClH/c1-4-11-7-12-8(10-3)5-6-9-2;10-9-6-4-2-1-3-5(6)7-8-9;/h8-10H,4-6H2,1-3H3;1-4,10H;1H. The Bertz CT molecular complexity index is 610. The summed E-state index contributed by atoms with van der Waals surface area (Å²) >= 11 is 0. The first-order valence-electron chi connectivity index (χ1n) is 7.15. The fraction of sp³-hybridized carbons (Fsp3) is 0.500. The van der Waals surface area contributed by atoms with Crippen molar-refractivity contribution in [2.24, 2.45) is 9.98 Å². The smallest absolute Gasteiger partial charge is 0.130 e. The first-order chi connectivity index (χ1) is 10.7. The lowest BCUT2D eigenvalue weighted by Crippen LogP contribution is -2.26. The summed E-state index contributed by atoms with van der Waals surface area (Å²) in [5, 5.41) is 22.2. The van der Waals surface area contributed by atoms with Gasteiger partial charge >= 0.3 is 0 Å². The normalized spacial score (nSPS) is 10.7. The molecule has 1 heterocycles. The molecule has 1 aromatic heterocycles. The van der Waals surface area contributed by atoms with Crippen LogP contribution in [-0.4, -0.2) is 59.7 Å². The average molecular weight is 342 g/mol. The minimum absolute atomic E-state index is 0. The molecule has 1 unspecified atom stereocenters. The van der Waals surface area contributed by atoms with Crippen LogP contribution in [-0.2, 0) is 0 Å². The van der Waals surface area contributed by atoms with Gasteiger partial charge in [0.1, 0.15) is 17.2 Å². The Balaban J connectivity index is 0.000000406. The minimum atomic E-state index is 0. The fourth-order valence-corrected chi connectivity index (χ4v) is 1.59. The number of hydrogen-bond donors (Lipinski definition) is 3. The maximum absolute atomic E-state index is 8.95. The predicted molar refractivity (Wildman–Crippen MR) is 93.8 cm³/mol. The Morgan fingerprint density at radius 3 is 2.70 bits per heavy atom. The van der Waals surface area contributed by atoms with E-state index in [1.807, 2.05) is 33.2 Å². The molecule has 8 nitrogen and oxygen atoms in total. The largest absolute Gasteiger partial charge is 0.410 e. The second-order valence-corrected chi connectivity index (χ2v) is 4.37. The molecule has 0 aliphatic carbocycles. The van der Waals surface area contributed by atoms with Crippen molar-refractivity contribution in [3.63, 3.8) is 0 Å². The second-order valence-electron chi connectivity index (χ2n) is 4.37. The number of rotatable bonds is 6. The molecule has 0 saturated carbocycles. The molecule has 0 saturated heterocycles. The Hall–Kier alpha value is -1.99. The zero-order valence-electron chi connectivity index (χ0n) is 13.6. The van der Waals surface area contributed by atoms with E-state index < -0.39 is 0 Å². The van der Waals surface area contributed by atoms with Gasteiger partial charge in [-0.25, -0.2) is 9.98 Å². The van der Waals surface area contributed by atoms with Crippen LogP contribution in [0.15, 0.2) is 34.3 Å². The summed E-state index contributed by atoms with van der Waals surface area (Å²) in [5.41, 5.74) is 1.33. The number of halogens is 1. The van der Waals surface area contributed by atoms with E-state index in [9.17, 15) is 0 Å². The number of nitrogens with zero attached hydrogens (tertiary/aromatic N) is 5. The number of fused-ring (bicyclic) bond motifs is 1. The molecule has 23 heavy (non-hydrogen) atoms. The third-order valence-electron chi connectivity index (χ3n) is 2.78. The Morgan fingerprint density at radius 2 is 2.09 bits per heavy atom. The van der Waals surface area contributed by atoms with Crippen molar-refractivity contribution in [3.8, 4) is 0 Å². The van der Waals surface area contributed by atoms with Crippen molar-refractivity contribution >= 4 is 29.4 Å². The third-order valence-corrected chi connectivity index (χ3v) is 2.78. The van der Waals surface area contributed by atoms with Gasteiger partial charge < -0.3 is 10.5 Å². The van der Waals surface area contributed by atoms with Gasteiger partial charge in [-0.3, -0.25) is 5.32 Å². The van der Waals surface area contributed by atoms with E-state index in [1.54, 1.807) is 12.1 Å². The molecular formula is C14H24ClN7O. The molecule has 0 fully saturated rings. The molecule has 0 aliphatic rings. The predicted octanol–water partition coefficient (Wildman–Crippen LogP) is 1.43. The quantitative estimate of drug-likeness (QED) is 0.545. The molecule has 9 heteroatoms. The van der Waals surface area contributed by atoms with Crippen LogP contribution in [0.5, 0.6) is 0 Å². The van der Waals surface area contributed by atoms with Crippen LogP contribution < -0.4 is 10.6 Å². The lowest BCUT2D eigenvalue weighted by Gasteiger charge is -2.07. The first-order valence-corrected chi connectivity index (χ1v) is 7.15. The fourth-order valence-electron chi connectivity index (χ4n) is 1.59. The van der Waals surface area contributed by atoms with Crippen LogP contribution in [0.25, 0.3) is 11.0 Å². The van der Waals surface area contributed by atoms with Crippen LogP contribution in [0, 0.1) is 0 Å². The highest BCUT2D eigenvalue weighted by Crippen LogP contribution is 2.06. The summed E-state index contributed by atoms with van der Waals surface area (Å²) in [5.74, 6) is 0. The van der Waals surface area contributed by atoms with Gasteiger partial charge in [0.2, 0.25) is 0 Å². The summed E-state index contributed by atoms with van der Waals surface area (Å²) < 4.78 is 0. The molecule has 3 N–H and O–H groups in total. The average Bonchev–Trinajstić information content (AvgIpc) is 2.93.